The van der Waals surface area contributed by atoms with E-state index < -0.39 is 0 Å². The lowest BCUT2D eigenvalue weighted by Crippen LogP contribution is -2.34. The topological polar surface area (TPSA) is 21.3 Å². The predicted molar refractivity (Wildman–Crippen MR) is 36.9 cm³/mol. The zero-order valence-electron chi connectivity index (χ0n) is 6.40. The zero-order valence-corrected chi connectivity index (χ0v) is 6.40. The van der Waals surface area contributed by atoms with Crippen LogP contribution in [0.3, 0.4) is 0 Å². The van der Waals surface area contributed by atoms with Gasteiger partial charge in [-0.1, -0.05) is 20.8 Å². The summed E-state index contributed by atoms with van der Waals surface area (Å²) in [5.74, 6) is 0. The highest BCUT2D eigenvalue weighted by molar-refractivity contribution is 4.79. The Balaban J connectivity index is 2.42. The summed E-state index contributed by atoms with van der Waals surface area (Å²) < 4.78 is 0. The molecule has 0 aromatic rings. The second kappa shape index (κ2) is 2.27. The Morgan fingerprint density at radius 2 is 2.11 bits per heavy atom. The average Bonchev–Trinajstić information content (AvgIpc) is 2.08. The van der Waals surface area contributed by atoms with Crippen LogP contribution >= 0.6 is 0 Å². The molecule has 2 nitrogen and oxygen atoms in total. The van der Waals surface area contributed by atoms with Gasteiger partial charge in [-0.25, -0.2) is 0 Å². The molecule has 1 heterocycles. The highest BCUT2D eigenvalue weighted by Crippen LogP contribution is 2.23. The molecule has 0 amide bonds. The second-order valence-corrected chi connectivity index (χ2v) is 3.67. The molecule has 0 spiro atoms. The van der Waals surface area contributed by atoms with Gasteiger partial charge in [0.2, 0.25) is 0 Å². The van der Waals surface area contributed by atoms with E-state index in [4.69, 9.17) is 4.84 Å². The molecule has 0 bridgehead atoms. The van der Waals surface area contributed by atoms with Crippen molar-refractivity contribution in [3.05, 3.63) is 0 Å². The maximum atomic E-state index is 5.03. The molecule has 1 N–H and O–H groups in total. The van der Waals surface area contributed by atoms with E-state index in [1.54, 1.807) is 0 Å². The van der Waals surface area contributed by atoms with Gasteiger partial charge in [0.1, 0.15) is 0 Å². The molecule has 1 saturated heterocycles. The molecule has 1 atom stereocenters. The van der Waals surface area contributed by atoms with Gasteiger partial charge < -0.3 is 4.84 Å². The summed E-state index contributed by atoms with van der Waals surface area (Å²) in [6, 6.07) is 0.539. The maximum Gasteiger partial charge on any atom is 0.0698 e. The second-order valence-electron chi connectivity index (χ2n) is 3.67. The molecular formula is C7H15NO. The van der Waals surface area contributed by atoms with E-state index in [2.05, 4.69) is 26.3 Å². The highest BCUT2D eigenvalue weighted by Gasteiger charge is 2.27. The summed E-state index contributed by atoms with van der Waals surface area (Å²) in [5.41, 5.74) is 3.34. The molecule has 1 fully saturated rings. The smallest absolute Gasteiger partial charge is 0.0698 e. The van der Waals surface area contributed by atoms with Crippen molar-refractivity contribution in [3.8, 4) is 0 Å². The molecule has 0 aliphatic carbocycles. The Hall–Kier alpha value is -0.0800. The maximum absolute atomic E-state index is 5.03. The van der Waals surface area contributed by atoms with Gasteiger partial charge >= 0.3 is 0 Å². The lowest BCUT2D eigenvalue weighted by atomic mass is 9.86. The minimum absolute atomic E-state index is 0.344. The number of hydroxylamine groups is 1. The molecule has 1 aliphatic heterocycles. The molecule has 0 saturated carbocycles. The largest absolute Gasteiger partial charge is 0.301 e. The van der Waals surface area contributed by atoms with Gasteiger partial charge in [0, 0.05) is 6.04 Å². The molecule has 0 aromatic heterocycles. The fourth-order valence-corrected chi connectivity index (χ4v) is 1.01. The third kappa shape index (κ3) is 1.66. The zero-order chi connectivity index (χ0) is 6.91. The van der Waals surface area contributed by atoms with Crippen LogP contribution in [-0.2, 0) is 4.84 Å². The summed E-state index contributed by atoms with van der Waals surface area (Å²) >= 11 is 0. The minimum Gasteiger partial charge on any atom is -0.301 e. The van der Waals surface area contributed by atoms with Gasteiger partial charge in [0.05, 0.1) is 6.61 Å². The van der Waals surface area contributed by atoms with E-state index in [9.17, 15) is 0 Å². The van der Waals surface area contributed by atoms with Gasteiger partial charge in [0.25, 0.3) is 0 Å². The van der Waals surface area contributed by atoms with Crippen molar-refractivity contribution >= 4 is 0 Å². The first kappa shape index (κ1) is 7.03. The molecule has 2 heteroatoms. The molecule has 1 rings (SSSR count). The number of hydrogen-bond acceptors (Lipinski definition) is 2. The van der Waals surface area contributed by atoms with Crippen LogP contribution in [0.2, 0.25) is 0 Å². The molecule has 54 valence electrons. The van der Waals surface area contributed by atoms with E-state index in [1.165, 1.54) is 0 Å². The van der Waals surface area contributed by atoms with Gasteiger partial charge in [-0.15, -0.1) is 0 Å². The number of hydrogen-bond donors (Lipinski definition) is 1. The van der Waals surface area contributed by atoms with E-state index in [1.807, 2.05) is 0 Å². The number of nitrogens with one attached hydrogen (secondary N) is 1. The van der Waals surface area contributed by atoms with E-state index in [0.29, 0.717) is 11.5 Å². The normalized spacial score (nSPS) is 29.0. The van der Waals surface area contributed by atoms with Crippen molar-refractivity contribution in [3.63, 3.8) is 0 Å². The Kier molecular flexibility index (Phi) is 1.78. The van der Waals surface area contributed by atoms with Crippen LogP contribution in [0.25, 0.3) is 0 Å². The van der Waals surface area contributed by atoms with Gasteiger partial charge in [-0.05, 0) is 11.8 Å². The van der Waals surface area contributed by atoms with Crippen LogP contribution in [0.15, 0.2) is 0 Å². The summed E-state index contributed by atoms with van der Waals surface area (Å²) in [6.07, 6.45) is 1.14. The third-order valence-electron chi connectivity index (χ3n) is 1.78. The van der Waals surface area contributed by atoms with E-state index in [-0.39, 0.29) is 0 Å². The van der Waals surface area contributed by atoms with Crippen molar-refractivity contribution in [2.24, 2.45) is 5.41 Å². The third-order valence-corrected chi connectivity index (χ3v) is 1.78. The first-order valence-electron chi connectivity index (χ1n) is 3.48. The minimum atomic E-state index is 0.344. The Bertz CT molecular complexity index is 89.6. The predicted octanol–water partition coefficient (Wildman–Crippen LogP) is 1.33. The molecule has 1 aliphatic rings. The first-order valence-corrected chi connectivity index (χ1v) is 3.48. The lowest BCUT2D eigenvalue weighted by molar-refractivity contribution is 0.0668. The van der Waals surface area contributed by atoms with Crippen LogP contribution in [0.4, 0.5) is 0 Å². The fraction of sp³-hybridized carbons (Fsp3) is 1.00. The van der Waals surface area contributed by atoms with Crippen molar-refractivity contribution in [1.82, 2.24) is 5.48 Å². The SMILES string of the molecule is CC(C)(C)C1CCON1. The average molecular weight is 129 g/mol. The van der Waals surface area contributed by atoms with Crippen LogP contribution in [0, 0.1) is 5.41 Å². The van der Waals surface area contributed by atoms with Crippen molar-refractivity contribution in [2.45, 2.75) is 33.2 Å². The molecule has 0 radical (unpaired) electrons. The summed E-state index contributed by atoms with van der Waals surface area (Å²) in [6.45, 7) is 7.53. The van der Waals surface area contributed by atoms with Crippen LogP contribution < -0.4 is 5.48 Å². The Labute approximate surface area is 56.5 Å². The van der Waals surface area contributed by atoms with Crippen molar-refractivity contribution in [1.29, 1.82) is 0 Å². The monoisotopic (exact) mass is 129 g/mol. The van der Waals surface area contributed by atoms with Crippen LogP contribution in [0.1, 0.15) is 27.2 Å². The van der Waals surface area contributed by atoms with Crippen LogP contribution in [-0.4, -0.2) is 12.6 Å². The van der Waals surface area contributed by atoms with E-state index in [0.717, 1.165) is 13.0 Å². The number of rotatable bonds is 0. The van der Waals surface area contributed by atoms with Crippen LogP contribution in [0.5, 0.6) is 0 Å². The lowest BCUT2D eigenvalue weighted by Gasteiger charge is -2.24. The summed E-state index contributed by atoms with van der Waals surface area (Å²) in [5, 5.41) is 0. The van der Waals surface area contributed by atoms with Gasteiger partial charge in [-0.2, -0.15) is 5.48 Å². The molecule has 0 aromatic carbocycles. The molecule has 1 unspecified atom stereocenters. The van der Waals surface area contributed by atoms with Gasteiger partial charge in [-0.3, -0.25) is 0 Å². The van der Waals surface area contributed by atoms with Gasteiger partial charge in [0.15, 0.2) is 0 Å². The van der Waals surface area contributed by atoms with Crippen molar-refractivity contribution in [2.75, 3.05) is 6.61 Å². The van der Waals surface area contributed by atoms with Crippen molar-refractivity contribution < 1.29 is 4.84 Å². The summed E-state index contributed by atoms with van der Waals surface area (Å²) in [4.78, 5) is 5.03. The quantitative estimate of drug-likeness (QED) is 0.532. The summed E-state index contributed by atoms with van der Waals surface area (Å²) in [7, 11) is 0. The molecule has 9 heavy (non-hydrogen) atoms. The standard InChI is InChI=1S/C7H15NO/c1-7(2,3)6-4-5-9-8-6/h6,8H,4-5H2,1-3H3. The van der Waals surface area contributed by atoms with E-state index >= 15 is 0 Å². The highest BCUT2D eigenvalue weighted by atomic mass is 16.7. The fourth-order valence-electron chi connectivity index (χ4n) is 1.01. The molecular weight excluding hydrogens is 114 g/mol. The Morgan fingerprint density at radius 3 is 2.33 bits per heavy atom. The Morgan fingerprint density at radius 1 is 1.44 bits per heavy atom. The first-order chi connectivity index (χ1) is 4.11.